The molecule has 0 aliphatic rings. The number of hydrogen-bond donors (Lipinski definition) is 5. The number of hydrogen-bond acceptors (Lipinski definition) is 5. The van der Waals surface area contributed by atoms with Crippen LogP contribution in [0.1, 0.15) is 24.5 Å². The third-order valence-electron chi connectivity index (χ3n) is 3.69. The molecule has 6 N–H and O–H groups in total. The molecule has 0 bridgehead atoms. The van der Waals surface area contributed by atoms with E-state index in [1.165, 1.54) is 12.4 Å². The van der Waals surface area contributed by atoms with Crippen molar-refractivity contribution in [3.8, 4) is 0 Å². The Balaban J connectivity index is 2.44. The Hall–Kier alpha value is -3.15. The highest BCUT2D eigenvalue weighted by atomic mass is 15.1. The number of likely N-dealkylation sites (N-methyl/N-ethyl adjacent to an activating group) is 1. The Morgan fingerprint density at radius 2 is 2.08 bits per heavy atom. The van der Waals surface area contributed by atoms with E-state index in [0.717, 1.165) is 34.1 Å². The fraction of sp³-hybridized carbons (Fsp3) is 0.167. The molecule has 2 rings (SSSR count). The van der Waals surface area contributed by atoms with Crippen molar-refractivity contribution in [2.45, 2.75) is 13.3 Å². The monoisotopic (exact) mass is 322 g/mol. The Bertz CT molecular complexity index is 838. The lowest BCUT2D eigenvalue weighted by molar-refractivity contribution is 1.01. The molecule has 0 amide bonds. The van der Waals surface area contributed by atoms with Crippen LogP contribution >= 0.6 is 0 Å². The first-order valence-electron chi connectivity index (χ1n) is 7.70. The third kappa shape index (κ3) is 3.43. The molecule has 0 spiro atoms. The number of allylic oxidation sites excluding steroid dienone is 4. The standard InChI is InChI=1S/C18H22N6/c1-3-4-13(22-2)5-8-17(21)15-7-6-14(12(9-19)10-20)16-11-23-24-18(15)16/h4-11,19,21-22H,3,20H2,1-2H3,(H,23,24)/b8-5-,12-10?,13-4-,19-9?,21-17?. The average molecular weight is 322 g/mol. The molecule has 0 saturated carbocycles. The van der Waals surface area contributed by atoms with Gasteiger partial charge in [-0.3, -0.25) is 5.10 Å². The van der Waals surface area contributed by atoms with Crippen LogP contribution in [-0.2, 0) is 0 Å². The van der Waals surface area contributed by atoms with Gasteiger partial charge < -0.3 is 21.9 Å². The number of fused-ring (bicyclic) bond motifs is 1. The van der Waals surface area contributed by atoms with Crippen LogP contribution in [0.5, 0.6) is 0 Å². The number of benzene rings is 1. The lowest BCUT2D eigenvalue weighted by atomic mass is 9.98. The summed E-state index contributed by atoms with van der Waals surface area (Å²) in [4.78, 5) is 0. The number of aromatic nitrogens is 2. The molecule has 6 heteroatoms. The molecule has 6 nitrogen and oxygen atoms in total. The van der Waals surface area contributed by atoms with E-state index in [4.69, 9.17) is 16.6 Å². The summed E-state index contributed by atoms with van der Waals surface area (Å²) in [5.41, 5.74) is 9.86. The maximum Gasteiger partial charge on any atom is 0.0750 e. The Morgan fingerprint density at radius 1 is 1.33 bits per heavy atom. The SMILES string of the molecule is CC/C=C(/C=C\C(=N)c1ccc(C(C=N)=CN)c2cn[nH]c12)NC. The normalized spacial score (nSPS) is 12.8. The van der Waals surface area contributed by atoms with Crippen molar-refractivity contribution in [3.63, 3.8) is 0 Å². The molecular weight excluding hydrogens is 300 g/mol. The van der Waals surface area contributed by atoms with E-state index >= 15 is 0 Å². The molecule has 0 radical (unpaired) electrons. The maximum atomic E-state index is 8.34. The minimum Gasteiger partial charge on any atom is -0.404 e. The Kier molecular flexibility index (Phi) is 5.68. The van der Waals surface area contributed by atoms with Gasteiger partial charge >= 0.3 is 0 Å². The number of aromatic amines is 1. The fourth-order valence-corrected chi connectivity index (χ4v) is 2.46. The minimum atomic E-state index is 0.376. The van der Waals surface area contributed by atoms with E-state index in [9.17, 15) is 0 Å². The Morgan fingerprint density at radius 3 is 2.71 bits per heavy atom. The van der Waals surface area contributed by atoms with Crippen LogP contribution in [0.2, 0.25) is 0 Å². The molecule has 1 aromatic heterocycles. The van der Waals surface area contributed by atoms with Gasteiger partial charge in [0, 0.05) is 41.7 Å². The van der Waals surface area contributed by atoms with Gasteiger partial charge in [0.1, 0.15) is 0 Å². The lowest BCUT2D eigenvalue weighted by Crippen LogP contribution is -2.04. The van der Waals surface area contributed by atoms with Gasteiger partial charge in [0.15, 0.2) is 0 Å². The van der Waals surface area contributed by atoms with Gasteiger partial charge in [-0.05, 0) is 24.1 Å². The first-order valence-corrected chi connectivity index (χ1v) is 7.70. The van der Waals surface area contributed by atoms with Crippen LogP contribution in [0.4, 0.5) is 0 Å². The molecule has 2 aromatic rings. The van der Waals surface area contributed by atoms with Crippen LogP contribution in [0.15, 0.2) is 48.5 Å². The van der Waals surface area contributed by atoms with E-state index in [1.54, 1.807) is 12.3 Å². The van der Waals surface area contributed by atoms with Crippen molar-refractivity contribution in [3.05, 3.63) is 59.6 Å². The summed E-state index contributed by atoms with van der Waals surface area (Å²) in [6.07, 6.45) is 10.9. The largest absolute Gasteiger partial charge is 0.404 e. The van der Waals surface area contributed by atoms with Gasteiger partial charge in [-0.25, -0.2) is 0 Å². The van der Waals surface area contributed by atoms with Gasteiger partial charge in [-0.2, -0.15) is 5.10 Å². The molecule has 0 aliphatic carbocycles. The van der Waals surface area contributed by atoms with Crippen LogP contribution in [-0.4, -0.2) is 29.2 Å². The summed E-state index contributed by atoms with van der Waals surface area (Å²) >= 11 is 0. The number of rotatable bonds is 7. The van der Waals surface area contributed by atoms with Crippen LogP contribution in [0.3, 0.4) is 0 Å². The lowest BCUT2D eigenvalue weighted by Gasteiger charge is -2.07. The summed E-state index contributed by atoms with van der Waals surface area (Å²) in [6, 6.07) is 3.71. The van der Waals surface area contributed by atoms with Gasteiger partial charge in [0.05, 0.1) is 17.4 Å². The smallest absolute Gasteiger partial charge is 0.0750 e. The van der Waals surface area contributed by atoms with Gasteiger partial charge in [-0.1, -0.05) is 25.1 Å². The predicted octanol–water partition coefficient (Wildman–Crippen LogP) is 2.95. The quantitative estimate of drug-likeness (QED) is 0.399. The molecule has 1 aromatic carbocycles. The molecule has 0 atom stereocenters. The number of nitrogens with zero attached hydrogens (tertiary/aromatic N) is 1. The van der Waals surface area contributed by atoms with E-state index in [-0.39, 0.29) is 0 Å². The average Bonchev–Trinajstić information content (AvgIpc) is 3.09. The summed E-state index contributed by atoms with van der Waals surface area (Å²) in [7, 11) is 1.86. The van der Waals surface area contributed by atoms with Gasteiger partial charge in [-0.15, -0.1) is 0 Å². The highest BCUT2D eigenvalue weighted by Crippen LogP contribution is 2.25. The topological polar surface area (TPSA) is 114 Å². The molecule has 1 heterocycles. The second-order valence-electron chi connectivity index (χ2n) is 5.15. The van der Waals surface area contributed by atoms with E-state index in [0.29, 0.717) is 11.3 Å². The first kappa shape index (κ1) is 17.2. The molecule has 0 unspecified atom stereocenters. The summed E-state index contributed by atoms with van der Waals surface area (Å²) < 4.78 is 0. The predicted molar refractivity (Wildman–Crippen MR) is 100 cm³/mol. The zero-order valence-corrected chi connectivity index (χ0v) is 13.9. The number of nitrogens with one attached hydrogen (secondary N) is 4. The molecule has 0 aliphatic heterocycles. The fourth-order valence-electron chi connectivity index (χ4n) is 2.46. The van der Waals surface area contributed by atoms with Crippen molar-refractivity contribution < 1.29 is 0 Å². The van der Waals surface area contributed by atoms with Crippen molar-refractivity contribution in [1.29, 1.82) is 10.8 Å². The number of H-pyrrole nitrogens is 1. The van der Waals surface area contributed by atoms with E-state index in [2.05, 4.69) is 28.5 Å². The van der Waals surface area contributed by atoms with Crippen LogP contribution in [0, 0.1) is 10.8 Å². The third-order valence-corrected chi connectivity index (χ3v) is 3.69. The minimum absolute atomic E-state index is 0.376. The first-order chi connectivity index (χ1) is 11.7. The molecule has 24 heavy (non-hydrogen) atoms. The molecule has 0 fully saturated rings. The number of nitrogens with two attached hydrogens (primary N) is 1. The highest BCUT2D eigenvalue weighted by molar-refractivity contribution is 6.18. The maximum absolute atomic E-state index is 8.34. The van der Waals surface area contributed by atoms with E-state index in [1.807, 2.05) is 25.3 Å². The summed E-state index contributed by atoms with van der Waals surface area (Å²) in [5, 5.41) is 26.8. The van der Waals surface area contributed by atoms with E-state index < -0.39 is 0 Å². The molecule has 0 saturated heterocycles. The highest BCUT2D eigenvalue weighted by Gasteiger charge is 2.12. The van der Waals surface area contributed by atoms with Crippen LogP contribution in [0.25, 0.3) is 16.5 Å². The second-order valence-corrected chi connectivity index (χ2v) is 5.15. The van der Waals surface area contributed by atoms with Crippen molar-refractivity contribution >= 4 is 28.4 Å². The summed E-state index contributed by atoms with van der Waals surface area (Å²) in [6.45, 7) is 2.06. The second kappa shape index (κ2) is 7.92. The van der Waals surface area contributed by atoms with Crippen molar-refractivity contribution in [2.24, 2.45) is 5.73 Å². The van der Waals surface area contributed by atoms with Crippen molar-refractivity contribution in [1.82, 2.24) is 15.5 Å². The van der Waals surface area contributed by atoms with Crippen molar-refractivity contribution in [2.75, 3.05) is 7.05 Å². The van der Waals surface area contributed by atoms with Gasteiger partial charge in [0.25, 0.3) is 0 Å². The zero-order valence-electron chi connectivity index (χ0n) is 13.9. The molecule has 124 valence electrons. The molecular formula is C18H22N6. The van der Waals surface area contributed by atoms with Gasteiger partial charge in [0.2, 0.25) is 0 Å². The zero-order chi connectivity index (χ0) is 17.5. The summed E-state index contributed by atoms with van der Waals surface area (Å²) in [5.74, 6) is 0. The Labute approximate surface area is 141 Å². The van der Waals surface area contributed by atoms with Crippen LogP contribution < -0.4 is 11.1 Å².